The minimum Gasteiger partial charge on any atom is -0.377 e. The van der Waals surface area contributed by atoms with Crippen molar-refractivity contribution in [2.75, 3.05) is 20.1 Å². The first-order valence-corrected chi connectivity index (χ1v) is 9.79. The van der Waals surface area contributed by atoms with Crippen molar-refractivity contribution < 1.29 is 19.6 Å². The number of carbonyl (C=O) groups excluding carboxylic acids is 1. The first-order valence-electron chi connectivity index (χ1n) is 9.79. The average Bonchev–Trinajstić information content (AvgIpc) is 2.79. The standard InChI is InChI=1S/C23H27N3O4/c1-3-22(27)29-24-20-13-15-26(16-14-20)17-18-9-11-21(12-10-18)30-25(2)23(28)19-7-5-4-6-8-19/h3-13,22,24,27H,1,14-17H2,2H3. The van der Waals surface area contributed by atoms with E-state index in [1.54, 1.807) is 19.2 Å². The van der Waals surface area contributed by atoms with Gasteiger partial charge >= 0.3 is 0 Å². The predicted octanol–water partition coefficient (Wildman–Crippen LogP) is 2.87. The average molecular weight is 409 g/mol. The Kier molecular flexibility index (Phi) is 7.62. The van der Waals surface area contributed by atoms with Crippen LogP contribution in [0.25, 0.3) is 0 Å². The van der Waals surface area contributed by atoms with Gasteiger partial charge in [0, 0.05) is 44.4 Å². The van der Waals surface area contributed by atoms with E-state index in [0.29, 0.717) is 11.3 Å². The largest absolute Gasteiger partial charge is 0.377 e. The molecule has 2 aromatic carbocycles. The molecule has 2 N–H and O–H groups in total. The van der Waals surface area contributed by atoms with Gasteiger partial charge in [-0.25, -0.2) is 4.84 Å². The lowest BCUT2D eigenvalue weighted by Gasteiger charge is -2.27. The Hall–Kier alpha value is -3.13. The molecule has 0 saturated heterocycles. The van der Waals surface area contributed by atoms with E-state index in [9.17, 15) is 9.90 Å². The van der Waals surface area contributed by atoms with Gasteiger partial charge in [-0.1, -0.05) is 36.9 Å². The van der Waals surface area contributed by atoms with Crippen LogP contribution in [-0.4, -0.2) is 47.4 Å². The summed E-state index contributed by atoms with van der Waals surface area (Å²) in [5.74, 6) is 0.405. The molecule has 30 heavy (non-hydrogen) atoms. The number of nitrogens with one attached hydrogen (secondary N) is 1. The number of hydroxylamine groups is 3. The van der Waals surface area contributed by atoms with Crippen molar-refractivity contribution in [2.24, 2.45) is 0 Å². The van der Waals surface area contributed by atoms with E-state index in [4.69, 9.17) is 9.68 Å². The number of aliphatic hydroxyl groups is 1. The van der Waals surface area contributed by atoms with Crippen molar-refractivity contribution in [3.05, 3.63) is 90.2 Å². The number of carbonyl (C=O) groups is 1. The van der Waals surface area contributed by atoms with Crippen molar-refractivity contribution in [3.8, 4) is 5.75 Å². The molecule has 1 atom stereocenters. The van der Waals surface area contributed by atoms with E-state index in [1.165, 1.54) is 11.1 Å². The van der Waals surface area contributed by atoms with Crippen molar-refractivity contribution in [1.82, 2.24) is 15.4 Å². The molecule has 3 rings (SSSR count). The Bertz CT molecular complexity index is 868. The lowest BCUT2D eigenvalue weighted by atomic mass is 10.1. The van der Waals surface area contributed by atoms with Crippen LogP contribution in [0.5, 0.6) is 5.75 Å². The zero-order chi connectivity index (χ0) is 21.3. The van der Waals surface area contributed by atoms with Gasteiger partial charge in [-0.3, -0.25) is 15.2 Å². The Labute approximate surface area is 176 Å². The highest BCUT2D eigenvalue weighted by atomic mass is 16.7. The zero-order valence-electron chi connectivity index (χ0n) is 17.0. The van der Waals surface area contributed by atoms with E-state index in [-0.39, 0.29) is 5.91 Å². The molecule has 1 aliphatic heterocycles. The summed E-state index contributed by atoms with van der Waals surface area (Å²) in [5, 5.41) is 10.6. The van der Waals surface area contributed by atoms with Gasteiger partial charge in [-0.05, 0) is 42.0 Å². The lowest BCUT2D eigenvalue weighted by Crippen LogP contribution is -2.32. The molecule has 0 aromatic heterocycles. The van der Waals surface area contributed by atoms with Gasteiger partial charge in [0.25, 0.3) is 5.91 Å². The smallest absolute Gasteiger partial charge is 0.286 e. The zero-order valence-corrected chi connectivity index (χ0v) is 17.0. The number of amides is 1. The molecular formula is C23H27N3O4. The number of rotatable bonds is 9. The Morgan fingerprint density at radius 2 is 2.00 bits per heavy atom. The van der Waals surface area contributed by atoms with Crippen LogP contribution in [0.4, 0.5) is 0 Å². The molecule has 0 radical (unpaired) electrons. The van der Waals surface area contributed by atoms with Crippen LogP contribution < -0.4 is 10.3 Å². The first kappa shape index (κ1) is 21.6. The number of aliphatic hydroxyl groups excluding tert-OH is 1. The third-order valence-electron chi connectivity index (χ3n) is 4.68. The second kappa shape index (κ2) is 10.6. The molecule has 0 spiro atoms. The number of hydrogen-bond donors (Lipinski definition) is 2. The van der Waals surface area contributed by atoms with Gasteiger partial charge in [-0.2, -0.15) is 5.06 Å². The topological polar surface area (TPSA) is 74.3 Å². The molecule has 0 saturated carbocycles. The molecule has 1 amide bonds. The van der Waals surface area contributed by atoms with Gasteiger partial charge in [0.15, 0.2) is 12.0 Å². The number of hydrogen-bond acceptors (Lipinski definition) is 6. The van der Waals surface area contributed by atoms with Crippen LogP contribution in [0.3, 0.4) is 0 Å². The van der Waals surface area contributed by atoms with Crippen LogP contribution >= 0.6 is 0 Å². The van der Waals surface area contributed by atoms with Crippen molar-refractivity contribution in [2.45, 2.75) is 19.3 Å². The van der Waals surface area contributed by atoms with Gasteiger partial charge in [0.1, 0.15) is 0 Å². The van der Waals surface area contributed by atoms with Gasteiger partial charge < -0.3 is 9.94 Å². The third-order valence-corrected chi connectivity index (χ3v) is 4.68. The quantitative estimate of drug-likeness (QED) is 0.377. The normalized spacial score (nSPS) is 15.1. The van der Waals surface area contributed by atoms with Crippen LogP contribution in [0.15, 0.2) is 79.0 Å². The molecular weight excluding hydrogens is 382 g/mol. The second-order valence-electron chi connectivity index (χ2n) is 6.96. The number of benzene rings is 2. The highest BCUT2D eigenvalue weighted by molar-refractivity contribution is 5.93. The summed E-state index contributed by atoms with van der Waals surface area (Å²) in [5.41, 5.74) is 5.45. The van der Waals surface area contributed by atoms with Crippen LogP contribution in [0, 0.1) is 0 Å². The molecule has 7 heteroatoms. The van der Waals surface area contributed by atoms with Crippen LogP contribution in [0.1, 0.15) is 22.3 Å². The molecule has 7 nitrogen and oxygen atoms in total. The fraction of sp³-hybridized carbons (Fsp3) is 0.261. The molecule has 0 bridgehead atoms. The molecule has 158 valence electrons. The molecule has 1 unspecified atom stereocenters. The van der Waals surface area contributed by atoms with Gasteiger partial charge in [0.05, 0.1) is 0 Å². The molecule has 2 aromatic rings. The first-order chi connectivity index (χ1) is 14.5. The highest BCUT2D eigenvalue weighted by Gasteiger charge is 2.15. The maximum Gasteiger partial charge on any atom is 0.286 e. The van der Waals surface area contributed by atoms with Crippen LogP contribution in [-0.2, 0) is 11.4 Å². The Morgan fingerprint density at radius 3 is 2.63 bits per heavy atom. The summed E-state index contributed by atoms with van der Waals surface area (Å²) in [6, 6.07) is 16.7. The monoisotopic (exact) mass is 409 g/mol. The van der Waals surface area contributed by atoms with E-state index in [1.807, 2.05) is 48.5 Å². The van der Waals surface area contributed by atoms with Gasteiger partial charge in [-0.15, -0.1) is 0 Å². The van der Waals surface area contributed by atoms with E-state index < -0.39 is 6.29 Å². The van der Waals surface area contributed by atoms with E-state index in [2.05, 4.69) is 17.0 Å². The molecule has 0 aliphatic carbocycles. The van der Waals surface area contributed by atoms with Crippen LogP contribution in [0.2, 0.25) is 0 Å². The summed E-state index contributed by atoms with van der Waals surface area (Å²) < 4.78 is 0. The molecule has 0 fully saturated rings. The minimum absolute atomic E-state index is 0.200. The Morgan fingerprint density at radius 1 is 1.27 bits per heavy atom. The number of nitrogens with zero attached hydrogens (tertiary/aromatic N) is 2. The predicted molar refractivity (Wildman–Crippen MR) is 114 cm³/mol. The van der Waals surface area contributed by atoms with E-state index >= 15 is 0 Å². The minimum atomic E-state index is -1.02. The van der Waals surface area contributed by atoms with Gasteiger partial charge in [0.2, 0.25) is 0 Å². The van der Waals surface area contributed by atoms with Crippen molar-refractivity contribution in [3.63, 3.8) is 0 Å². The molecule has 1 aliphatic rings. The summed E-state index contributed by atoms with van der Waals surface area (Å²) in [6.07, 6.45) is 3.13. The van der Waals surface area contributed by atoms with Crippen molar-refractivity contribution in [1.29, 1.82) is 0 Å². The summed E-state index contributed by atoms with van der Waals surface area (Å²) in [6.45, 7) is 5.92. The fourth-order valence-electron chi connectivity index (χ4n) is 3.01. The summed E-state index contributed by atoms with van der Waals surface area (Å²) >= 11 is 0. The lowest BCUT2D eigenvalue weighted by molar-refractivity contribution is -0.106. The van der Waals surface area contributed by atoms with Crippen molar-refractivity contribution >= 4 is 5.91 Å². The maximum atomic E-state index is 12.4. The second-order valence-corrected chi connectivity index (χ2v) is 6.96. The summed E-state index contributed by atoms with van der Waals surface area (Å²) in [7, 11) is 1.60. The maximum absolute atomic E-state index is 12.4. The SMILES string of the molecule is C=CC(O)ONC1=CCN(Cc2ccc(ON(C)C(=O)c3ccccc3)cc2)CC1. The Balaban J connectivity index is 1.47. The summed E-state index contributed by atoms with van der Waals surface area (Å²) in [4.78, 5) is 25.4. The molecule has 1 heterocycles. The fourth-order valence-corrected chi connectivity index (χ4v) is 3.01. The highest BCUT2D eigenvalue weighted by Crippen LogP contribution is 2.17. The third kappa shape index (κ3) is 6.18. The van der Waals surface area contributed by atoms with E-state index in [0.717, 1.165) is 37.3 Å².